The van der Waals surface area contributed by atoms with E-state index >= 15 is 0 Å². The molecule has 0 saturated carbocycles. The molecule has 3 atom stereocenters. The maximum absolute atomic E-state index is 13.6. The van der Waals surface area contributed by atoms with Gasteiger partial charge in [-0.25, -0.2) is 0 Å². The molecule has 1 amide bonds. The molecule has 0 fully saturated rings. The van der Waals surface area contributed by atoms with Crippen molar-refractivity contribution in [1.82, 2.24) is 5.32 Å². The molecule has 83 heavy (non-hydrogen) atoms. The molecule has 1 N–H and O–H groups in total. The van der Waals surface area contributed by atoms with Crippen LogP contribution in [0.3, 0.4) is 0 Å². The van der Waals surface area contributed by atoms with Crippen molar-refractivity contribution < 1.29 is 37.3 Å². The monoisotopic (exact) mass is 1180 g/mol. The molecule has 0 saturated heterocycles. The van der Waals surface area contributed by atoms with Gasteiger partial charge in [-0.1, -0.05) is 272 Å². The first-order valence-electron chi connectivity index (χ1n) is 34.2. The Morgan fingerprint density at radius 1 is 0.434 bits per heavy atom. The normalized spacial score (nSPS) is 14.3. The van der Waals surface area contributed by atoms with Gasteiger partial charge in [-0.3, -0.25) is 14.2 Å². The van der Waals surface area contributed by atoms with Gasteiger partial charge in [-0.05, 0) is 115 Å². The summed E-state index contributed by atoms with van der Waals surface area (Å²) in [6, 6.07) is -0.905. The number of nitrogens with zero attached hydrogens (tertiary/aromatic N) is 1. The standard InChI is InChI=1S/C73H129N2O7P/c1-7-10-13-16-19-22-25-28-30-32-34-36-37-39-41-43-45-48-51-54-57-60-63-66-73(77)82-71(64-61-58-55-52-49-46-27-24-21-18-15-12-9-3)70(69-81-83(78,79)80-68-67-75(4,5)6)74-72(76)65-62-59-56-53-50-47-44-42-40-38-35-33-31-29-26-23-20-17-14-11-8-2/h10,13,19-20,22-23,28-31,34-36,38-39,41,61,64,70-71H,7-9,11-12,14-18,21,24-27,32-33,37,40,42-60,62-63,65-69H2,1-6H3,(H-,74,76,78,79)/b13-10-,22-19-,23-20-,30-28-,31-29-,36-34-,38-35-,41-39-,64-61+. The highest BCUT2D eigenvalue weighted by Gasteiger charge is 2.27. The highest BCUT2D eigenvalue weighted by atomic mass is 31.2. The molecule has 0 aliphatic heterocycles. The number of esters is 1. The fourth-order valence-electron chi connectivity index (χ4n) is 9.44. The summed E-state index contributed by atoms with van der Waals surface area (Å²) in [4.78, 5) is 40.2. The average molecular weight is 1180 g/mol. The van der Waals surface area contributed by atoms with E-state index in [0.29, 0.717) is 23.9 Å². The Morgan fingerprint density at radius 3 is 1.18 bits per heavy atom. The molecule has 3 unspecified atom stereocenters. The van der Waals surface area contributed by atoms with Gasteiger partial charge in [0.15, 0.2) is 0 Å². The Bertz CT molecular complexity index is 1790. The predicted octanol–water partition coefficient (Wildman–Crippen LogP) is 21.0. The third-order valence-corrected chi connectivity index (χ3v) is 15.7. The number of phosphoric ester groups is 1. The number of phosphoric acid groups is 1. The predicted molar refractivity (Wildman–Crippen MR) is 357 cm³/mol. The molecule has 0 aliphatic rings. The van der Waals surface area contributed by atoms with Crippen LogP contribution in [0.15, 0.2) is 109 Å². The van der Waals surface area contributed by atoms with Crippen LogP contribution in [0.1, 0.15) is 290 Å². The second-order valence-corrected chi connectivity index (χ2v) is 25.4. The summed E-state index contributed by atoms with van der Waals surface area (Å²) in [5, 5.41) is 3.03. The van der Waals surface area contributed by atoms with Gasteiger partial charge in [0.05, 0.1) is 33.8 Å². The van der Waals surface area contributed by atoms with Crippen LogP contribution in [0.2, 0.25) is 0 Å². The summed E-state index contributed by atoms with van der Waals surface area (Å²) in [7, 11) is 1.16. The molecule has 0 bridgehead atoms. The van der Waals surface area contributed by atoms with Crippen LogP contribution in [0.25, 0.3) is 0 Å². The van der Waals surface area contributed by atoms with E-state index in [1.165, 1.54) is 128 Å². The zero-order valence-electron chi connectivity index (χ0n) is 54.6. The summed E-state index contributed by atoms with van der Waals surface area (Å²) >= 11 is 0. The fourth-order valence-corrected chi connectivity index (χ4v) is 10.2. The van der Waals surface area contributed by atoms with Crippen molar-refractivity contribution in [1.29, 1.82) is 0 Å². The first-order chi connectivity index (χ1) is 40.4. The molecule has 0 radical (unpaired) electrons. The number of nitrogens with one attached hydrogen (secondary N) is 1. The number of quaternary nitrogens is 1. The number of carbonyl (C=O) groups excluding carboxylic acids is 2. The molecular formula is C73H129N2O7P. The van der Waals surface area contributed by atoms with Crippen LogP contribution in [0.5, 0.6) is 0 Å². The Kier molecular flexibility index (Phi) is 59.3. The highest BCUT2D eigenvalue weighted by molar-refractivity contribution is 7.45. The van der Waals surface area contributed by atoms with Gasteiger partial charge in [0.1, 0.15) is 19.3 Å². The van der Waals surface area contributed by atoms with E-state index in [2.05, 4.69) is 123 Å². The van der Waals surface area contributed by atoms with E-state index in [9.17, 15) is 19.0 Å². The smallest absolute Gasteiger partial charge is 0.306 e. The van der Waals surface area contributed by atoms with Gasteiger partial charge in [0.2, 0.25) is 5.91 Å². The van der Waals surface area contributed by atoms with Gasteiger partial charge in [-0.15, -0.1) is 0 Å². The molecule has 0 aromatic rings. The molecule has 9 nitrogen and oxygen atoms in total. The Labute approximate surface area is 512 Å². The van der Waals surface area contributed by atoms with E-state index in [-0.39, 0.29) is 24.9 Å². The van der Waals surface area contributed by atoms with Crippen molar-refractivity contribution in [2.45, 2.75) is 303 Å². The molecular weight excluding hydrogens is 1050 g/mol. The van der Waals surface area contributed by atoms with E-state index in [1.807, 2.05) is 33.3 Å². The van der Waals surface area contributed by atoms with Crippen molar-refractivity contribution in [2.24, 2.45) is 0 Å². The molecule has 0 aliphatic carbocycles. The number of allylic oxidation sites excluding steroid dienone is 17. The molecule has 478 valence electrons. The number of hydrogen-bond acceptors (Lipinski definition) is 7. The number of ether oxygens (including phenoxy) is 1. The maximum atomic E-state index is 13.6. The van der Waals surface area contributed by atoms with Crippen molar-refractivity contribution in [2.75, 3.05) is 40.9 Å². The van der Waals surface area contributed by atoms with Crippen molar-refractivity contribution in [3.8, 4) is 0 Å². The Morgan fingerprint density at radius 2 is 0.771 bits per heavy atom. The van der Waals surface area contributed by atoms with Gasteiger partial charge in [0.25, 0.3) is 7.82 Å². The number of likely N-dealkylation sites (N-methyl/N-ethyl adjacent to an activating group) is 1. The van der Waals surface area contributed by atoms with Crippen LogP contribution < -0.4 is 10.2 Å². The van der Waals surface area contributed by atoms with Crippen molar-refractivity contribution >= 4 is 19.7 Å². The minimum Gasteiger partial charge on any atom is -0.756 e. The lowest BCUT2D eigenvalue weighted by atomic mass is 10.0. The van der Waals surface area contributed by atoms with E-state index < -0.39 is 26.6 Å². The second kappa shape index (κ2) is 61.7. The van der Waals surface area contributed by atoms with Crippen molar-refractivity contribution in [3.63, 3.8) is 0 Å². The van der Waals surface area contributed by atoms with Crippen molar-refractivity contribution in [3.05, 3.63) is 109 Å². The van der Waals surface area contributed by atoms with Gasteiger partial charge >= 0.3 is 5.97 Å². The lowest BCUT2D eigenvalue weighted by Crippen LogP contribution is -2.47. The highest BCUT2D eigenvalue weighted by Crippen LogP contribution is 2.38. The van der Waals surface area contributed by atoms with Gasteiger partial charge in [0, 0.05) is 12.8 Å². The average Bonchev–Trinajstić information content (AvgIpc) is 3.47. The number of rotatable bonds is 61. The van der Waals surface area contributed by atoms with E-state index in [0.717, 1.165) is 122 Å². The quantitative estimate of drug-likeness (QED) is 0.0212. The number of hydrogen-bond donors (Lipinski definition) is 1. The minimum absolute atomic E-state index is 0.0308. The van der Waals surface area contributed by atoms with Crippen LogP contribution in [0, 0.1) is 0 Å². The maximum Gasteiger partial charge on any atom is 0.306 e. The van der Waals surface area contributed by atoms with Crippen LogP contribution in [0.4, 0.5) is 0 Å². The number of amides is 1. The molecule has 0 aromatic carbocycles. The second-order valence-electron chi connectivity index (χ2n) is 23.9. The number of unbranched alkanes of at least 4 members (excludes halogenated alkanes) is 29. The van der Waals surface area contributed by atoms with Crippen LogP contribution >= 0.6 is 7.82 Å². The summed E-state index contributed by atoms with van der Waals surface area (Å²) in [5.74, 6) is -0.562. The summed E-state index contributed by atoms with van der Waals surface area (Å²) < 4.78 is 30.4. The molecule has 0 spiro atoms. The van der Waals surface area contributed by atoms with E-state index in [1.54, 1.807) is 0 Å². The summed E-state index contributed by atoms with van der Waals surface area (Å²) in [5.41, 5.74) is 0. The molecule has 0 rings (SSSR count). The minimum atomic E-state index is -4.72. The summed E-state index contributed by atoms with van der Waals surface area (Å²) in [6.45, 7) is 6.70. The topological polar surface area (TPSA) is 114 Å². The first kappa shape index (κ1) is 79.7. The number of carbonyl (C=O) groups is 2. The zero-order chi connectivity index (χ0) is 60.7. The van der Waals surface area contributed by atoms with Gasteiger partial charge in [-0.2, -0.15) is 0 Å². The third kappa shape index (κ3) is 63.0. The van der Waals surface area contributed by atoms with Crippen LogP contribution in [-0.4, -0.2) is 69.4 Å². The van der Waals surface area contributed by atoms with E-state index in [4.69, 9.17) is 13.8 Å². The molecule has 0 aromatic heterocycles. The fraction of sp³-hybridized carbons (Fsp3) is 0.726. The third-order valence-electron chi connectivity index (χ3n) is 14.7. The SMILES string of the molecule is CC/C=C\C/C=C\C/C=C\C/C=C\C/C=C\CCCCCCCCCC(=O)OC(/C=C/CCCCCCCCCCCCC)C(COP(=O)([O-])OCC[N+](C)(C)C)NC(=O)CCCCCCCCCC/C=C\C/C=C\C/C=C\CCCCC. The lowest BCUT2D eigenvalue weighted by molar-refractivity contribution is -0.870. The molecule has 10 heteroatoms. The van der Waals surface area contributed by atoms with Crippen LogP contribution in [-0.2, 0) is 27.9 Å². The largest absolute Gasteiger partial charge is 0.756 e. The Balaban J connectivity index is 5.22. The lowest BCUT2D eigenvalue weighted by Gasteiger charge is -2.30. The zero-order valence-corrected chi connectivity index (χ0v) is 55.5. The Hall–Kier alpha value is -3.33. The first-order valence-corrected chi connectivity index (χ1v) is 35.7. The summed E-state index contributed by atoms with van der Waals surface area (Å²) in [6.07, 6.45) is 84.8. The molecule has 0 heterocycles. The van der Waals surface area contributed by atoms with Gasteiger partial charge < -0.3 is 28.5 Å².